The van der Waals surface area contributed by atoms with Gasteiger partial charge in [0, 0.05) is 51.1 Å². The standard InChI is InChI=1S/C46H53F3N8O4/c1-7-32-35(48)13-11-29-19-45(5,59)21-33(38(29)32)40-39(49)41-34(23-51-40)42(52-26-46(15-9-10-16-46)55(6)37(58)8-2)54-43(53-41)61-27-44(4)20-30(47)24-57(44)36-14-12-31(22-50-36)56-17-18-60-25-28(56)3/h1,8,11-14,22-23,28,30,33,59H,2,9-10,15-21,24-27H2,3-6H3,(H,52,53,54)/t28-,30+,33+,44-,45-/m0/s1. The molecular formula is C46H53F3N8O4. The predicted molar refractivity (Wildman–Crippen MR) is 228 cm³/mol. The van der Waals surface area contributed by atoms with Crippen LogP contribution in [-0.2, 0) is 16.0 Å². The lowest BCUT2D eigenvalue weighted by atomic mass is 9.72. The number of aliphatic hydroxyl groups is 1. The first-order valence-corrected chi connectivity index (χ1v) is 21.0. The van der Waals surface area contributed by atoms with Gasteiger partial charge in [-0.25, -0.2) is 18.2 Å². The van der Waals surface area contributed by atoms with Crippen LogP contribution in [0.5, 0.6) is 6.01 Å². The number of rotatable bonds is 11. The Hall–Kier alpha value is -5.46. The normalized spacial score (nSPS) is 25.9. The van der Waals surface area contributed by atoms with E-state index in [0.29, 0.717) is 30.2 Å². The summed E-state index contributed by atoms with van der Waals surface area (Å²) in [5, 5.41) is 15.0. The Bertz CT molecular complexity index is 2370. The second-order valence-electron chi connectivity index (χ2n) is 17.7. The van der Waals surface area contributed by atoms with Gasteiger partial charge in [0.2, 0.25) is 5.91 Å². The Morgan fingerprint density at radius 2 is 1.95 bits per heavy atom. The third-order valence-electron chi connectivity index (χ3n) is 13.3. The largest absolute Gasteiger partial charge is 0.461 e. The molecule has 61 heavy (non-hydrogen) atoms. The van der Waals surface area contributed by atoms with Crippen molar-refractivity contribution in [2.24, 2.45) is 0 Å². The molecule has 2 aliphatic carbocycles. The van der Waals surface area contributed by atoms with Gasteiger partial charge in [0.05, 0.1) is 65.0 Å². The third-order valence-corrected chi connectivity index (χ3v) is 13.3. The maximum Gasteiger partial charge on any atom is 0.319 e. The van der Waals surface area contributed by atoms with Gasteiger partial charge in [-0.15, -0.1) is 6.42 Å². The van der Waals surface area contributed by atoms with Gasteiger partial charge in [-0.1, -0.05) is 31.4 Å². The van der Waals surface area contributed by atoms with E-state index in [0.717, 1.165) is 37.9 Å². The van der Waals surface area contributed by atoms with Crippen molar-refractivity contribution in [3.05, 3.63) is 83.3 Å². The Morgan fingerprint density at radius 1 is 1.16 bits per heavy atom. The van der Waals surface area contributed by atoms with Crippen LogP contribution in [0.25, 0.3) is 10.9 Å². The molecule has 4 aliphatic rings. The van der Waals surface area contributed by atoms with Crippen LogP contribution in [0.1, 0.15) is 87.6 Å². The zero-order valence-electron chi connectivity index (χ0n) is 35.2. The monoisotopic (exact) mass is 838 g/mol. The number of ether oxygens (including phenoxy) is 2. The fraction of sp³-hybridized carbons (Fsp3) is 0.500. The van der Waals surface area contributed by atoms with Gasteiger partial charge in [0.15, 0.2) is 5.82 Å². The van der Waals surface area contributed by atoms with E-state index in [4.69, 9.17) is 25.9 Å². The van der Waals surface area contributed by atoms with Crippen molar-refractivity contribution in [2.45, 2.75) is 101 Å². The van der Waals surface area contributed by atoms with E-state index in [1.807, 2.05) is 24.0 Å². The third kappa shape index (κ3) is 7.96. The number of morpholine rings is 1. The SMILES string of the molecule is C#Cc1c(F)ccc2c1[C@H](c1ncc3c(NCC4(N(C)C(=O)C=C)CCCC4)nc(OC[C@]4(C)C[C@@H](F)CN4c4ccc(N5CCOC[C@@H]5C)cn4)nc3c1F)C[C@@](C)(O)C2. The van der Waals surface area contributed by atoms with Gasteiger partial charge in [0.25, 0.3) is 0 Å². The number of fused-ring (bicyclic) bond motifs is 2. The molecule has 2 N–H and O–H groups in total. The van der Waals surface area contributed by atoms with Crippen LogP contribution in [0.15, 0.2) is 49.3 Å². The first-order chi connectivity index (χ1) is 29.2. The highest BCUT2D eigenvalue weighted by Crippen LogP contribution is 2.45. The van der Waals surface area contributed by atoms with Crippen molar-refractivity contribution < 1.29 is 32.5 Å². The van der Waals surface area contributed by atoms with Crippen molar-refractivity contribution in [1.29, 1.82) is 0 Å². The summed E-state index contributed by atoms with van der Waals surface area (Å²) in [6, 6.07) is 6.72. The Labute approximate surface area is 354 Å². The molecule has 8 rings (SSSR count). The number of pyridine rings is 2. The molecule has 5 atom stereocenters. The molecule has 15 heteroatoms. The fourth-order valence-corrected chi connectivity index (χ4v) is 9.98. The summed E-state index contributed by atoms with van der Waals surface area (Å²) < 4.78 is 59.8. The highest BCUT2D eigenvalue weighted by Gasteiger charge is 2.45. The van der Waals surface area contributed by atoms with Crippen LogP contribution in [0, 0.1) is 24.0 Å². The number of nitrogens with zero attached hydrogens (tertiary/aromatic N) is 7. The first-order valence-electron chi connectivity index (χ1n) is 21.0. The zero-order valence-corrected chi connectivity index (χ0v) is 35.2. The summed E-state index contributed by atoms with van der Waals surface area (Å²) in [5.74, 6) is 0.701. The molecule has 0 unspecified atom stereocenters. The van der Waals surface area contributed by atoms with Crippen molar-refractivity contribution in [3.8, 4) is 18.4 Å². The number of halogens is 3. The minimum Gasteiger partial charge on any atom is -0.461 e. The van der Waals surface area contributed by atoms with Crippen LogP contribution >= 0.6 is 0 Å². The first kappa shape index (κ1) is 42.2. The van der Waals surface area contributed by atoms with Gasteiger partial charge in [-0.2, -0.15) is 9.97 Å². The number of benzene rings is 1. The molecule has 3 aromatic heterocycles. The van der Waals surface area contributed by atoms with E-state index in [1.54, 1.807) is 31.1 Å². The smallest absolute Gasteiger partial charge is 0.319 e. The molecule has 12 nitrogen and oxygen atoms in total. The summed E-state index contributed by atoms with van der Waals surface area (Å²) in [5.41, 5.74) is -0.959. The minimum atomic E-state index is -1.27. The van der Waals surface area contributed by atoms with Gasteiger partial charge < -0.3 is 34.6 Å². The average Bonchev–Trinajstić information content (AvgIpc) is 3.85. The number of hydrogen-bond donors (Lipinski definition) is 2. The number of hydrogen-bond acceptors (Lipinski definition) is 11. The molecule has 0 spiro atoms. The fourth-order valence-electron chi connectivity index (χ4n) is 9.98. The van der Waals surface area contributed by atoms with E-state index in [1.165, 1.54) is 18.3 Å². The minimum absolute atomic E-state index is 0.00581. The summed E-state index contributed by atoms with van der Waals surface area (Å²) in [7, 11) is 1.75. The average molecular weight is 839 g/mol. The molecule has 0 radical (unpaired) electrons. The number of amides is 1. The number of carbonyl (C=O) groups is 1. The summed E-state index contributed by atoms with van der Waals surface area (Å²) in [6.45, 7) is 11.6. The molecule has 5 heterocycles. The molecule has 3 fully saturated rings. The van der Waals surface area contributed by atoms with Crippen LogP contribution < -0.4 is 19.9 Å². The summed E-state index contributed by atoms with van der Waals surface area (Å²) >= 11 is 0. The highest BCUT2D eigenvalue weighted by atomic mass is 19.1. The summed E-state index contributed by atoms with van der Waals surface area (Å²) in [6.07, 6.45) is 12.8. The van der Waals surface area contributed by atoms with Crippen LogP contribution in [-0.4, -0.2) is 111 Å². The Kier molecular flexibility index (Phi) is 11.4. The zero-order chi connectivity index (χ0) is 43.3. The lowest BCUT2D eigenvalue weighted by Crippen LogP contribution is -2.51. The predicted octanol–water partition coefficient (Wildman–Crippen LogP) is 6.49. The molecule has 1 aromatic carbocycles. The van der Waals surface area contributed by atoms with Crippen molar-refractivity contribution >= 4 is 34.1 Å². The van der Waals surface area contributed by atoms with Crippen molar-refractivity contribution in [1.82, 2.24) is 24.8 Å². The van der Waals surface area contributed by atoms with E-state index in [9.17, 15) is 9.90 Å². The molecular weight excluding hydrogens is 786 g/mol. The highest BCUT2D eigenvalue weighted by molar-refractivity contribution is 5.90. The van der Waals surface area contributed by atoms with Gasteiger partial charge >= 0.3 is 6.01 Å². The lowest BCUT2D eigenvalue weighted by Gasteiger charge is -2.39. The van der Waals surface area contributed by atoms with E-state index < -0.39 is 40.4 Å². The van der Waals surface area contributed by atoms with E-state index >= 15 is 13.2 Å². The van der Waals surface area contributed by atoms with Crippen molar-refractivity contribution in [2.75, 3.05) is 61.6 Å². The van der Waals surface area contributed by atoms with Crippen LogP contribution in [0.3, 0.4) is 0 Å². The lowest BCUT2D eigenvalue weighted by molar-refractivity contribution is -0.129. The number of terminal acetylenes is 1. The molecule has 1 saturated carbocycles. The topological polar surface area (TPSA) is 129 Å². The number of carbonyl (C=O) groups excluding carboxylic acids is 1. The molecule has 2 saturated heterocycles. The van der Waals surface area contributed by atoms with E-state index in [-0.39, 0.29) is 84.9 Å². The quantitative estimate of drug-likeness (QED) is 0.127. The van der Waals surface area contributed by atoms with E-state index in [2.05, 4.69) is 39.6 Å². The maximum absolute atomic E-state index is 17.3. The van der Waals surface area contributed by atoms with Gasteiger partial charge in [-0.05, 0) is 75.4 Å². The molecule has 1 amide bonds. The number of alkyl halides is 1. The molecule has 322 valence electrons. The maximum atomic E-state index is 17.3. The number of aromatic nitrogens is 4. The number of anilines is 3. The number of nitrogens with one attached hydrogen (secondary N) is 1. The Morgan fingerprint density at radius 3 is 2.66 bits per heavy atom. The van der Waals surface area contributed by atoms with Crippen LogP contribution in [0.2, 0.25) is 0 Å². The second-order valence-corrected chi connectivity index (χ2v) is 17.7. The second kappa shape index (κ2) is 16.4. The Balaban J connectivity index is 1.16. The van der Waals surface area contributed by atoms with Crippen molar-refractivity contribution in [3.63, 3.8) is 0 Å². The molecule has 2 aliphatic heterocycles. The molecule has 0 bridgehead atoms. The summed E-state index contributed by atoms with van der Waals surface area (Å²) in [4.78, 5) is 37.4. The number of likely N-dealkylation sites (N-methyl/N-ethyl adjacent to an activating group) is 1. The molecule has 4 aromatic rings. The van der Waals surface area contributed by atoms with Gasteiger partial charge in [0.1, 0.15) is 35.7 Å². The van der Waals surface area contributed by atoms with Crippen LogP contribution in [0.4, 0.5) is 30.5 Å². The van der Waals surface area contributed by atoms with Gasteiger partial charge in [-0.3, -0.25) is 9.78 Å².